The molecule has 0 fully saturated rings. The van der Waals surface area contributed by atoms with Crippen molar-refractivity contribution >= 4 is 5.65 Å². The van der Waals surface area contributed by atoms with E-state index in [4.69, 9.17) is 0 Å². The van der Waals surface area contributed by atoms with E-state index in [9.17, 15) is 4.39 Å². The molecular formula is C9H9FN2. The fourth-order valence-corrected chi connectivity index (χ4v) is 1.23. The first-order valence-electron chi connectivity index (χ1n) is 3.79. The van der Waals surface area contributed by atoms with Crippen LogP contribution in [0, 0.1) is 19.7 Å². The Balaban J connectivity index is 2.93. The zero-order valence-corrected chi connectivity index (χ0v) is 7.00. The minimum absolute atomic E-state index is 0.231. The zero-order chi connectivity index (χ0) is 8.72. The molecule has 0 saturated heterocycles. The van der Waals surface area contributed by atoms with E-state index in [0.29, 0.717) is 11.2 Å². The molecule has 0 aliphatic carbocycles. The highest BCUT2D eigenvalue weighted by molar-refractivity contribution is 5.44. The normalized spacial score (nSPS) is 10.9. The summed E-state index contributed by atoms with van der Waals surface area (Å²) in [6.07, 6.45) is 3.49. The second-order valence-corrected chi connectivity index (χ2v) is 2.91. The van der Waals surface area contributed by atoms with Gasteiger partial charge in [-0.15, -0.1) is 0 Å². The molecule has 2 aromatic rings. The number of aromatic nitrogens is 2. The molecule has 0 unspecified atom stereocenters. The van der Waals surface area contributed by atoms with Crippen molar-refractivity contribution in [2.45, 2.75) is 13.8 Å². The predicted molar refractivity (Wildman–Crippen MR) is 44.6 cm³/mol. The molecule has 0 amide bonds. The van der Waals surface area contributed by atoms with Crippen molar-refractivity contribution in [1.82, 2.24) is 9.38 Å². The minimum Gasteiger partial charge on any atom is -0.302 e. The Kier molecular flexibility index (Phi) is 1.40. The number of pyridine rings is 1. The van der Waals surface area contributed by atoms with Crippen LogP contribution in [-0.4, -0.2) is 9.38 Å². The molecule has 0 aliphatic rings. The van der Waals surface area contributed by atoms with Crippen LogP contribution in [0.1, 0.15) is 11.3 Å². The molecule has 0 aliphatic heterocycles. The van der Waals surface area contributed by atoms with Gasteiger partial charge in [0.2, 0.25) is 0 Å². The molecule has 0 saturated carbocycles. The number of rotatable bonds is 0. The molecule has 0 atom stereocenters. The molecular weight excluding hydrogens is 155 g/mol. The number of aryl methyl sites for hydroxylation is 2. The molecule has 0 radical (unpaired) electrons. The second kappa shape index (κ2) is 2.30. The molecule has 0 aromatic carbocycles. The third-order valence-electron chi connectivity index (χ3n) is 2.00. The van der Waals surface area contributed by atoms with Crippen LogP contribution in [0.3, 0.4) is 0 Å². The maximum atomic E-state index is 13.3. The third-order valence-corrected chi connectivity index (χ3v) is 2.00. The third kappa shape index (κ3) is 0.826. The number of fused-ring (bicyclic) bond motifs is 1. The van der Waals surface area contributed by atoms with E-state index in [1.54, 1.807) is 23.6 Å². The maximum Gasteiger partial charge on any atom is 0.173 e. The lowest BCUT2D eigenvalue weighted by Crippen LogP contribution is -1.92. The van der Waals surface area contributed by atoms with E-state index < -0.39 is 0 Å². The monoisotopic (exact) mass is 164 g/mol. The molecule has 0 bridgehead atoms. The summed E-state index contributed by atoms with van der Waals surface area (Å²) in [6, 6.07) is 1.75. The van der Waals surface area contributed by atoms with Crippen molar-refractivity contribution in [3.05, 3.63) is 35.5 Å². The number of hydrogen-bond acceptors (Lipinski definition) is 1. The van der Waals surface area contributed by atoms with Crippen LogP contribution in [0.5, 0.6) is 0 Å². The Morgan fingerprint density at radius 3 is 2.92 bits per heavy atom. The van der Waals surface area contributed by atoms with Gasteiger partial charge in [0.15, 0.2) is 11.5 Å². The fourth-order valence-electron chi connectivity index (χ4n) is 1.23. The van der Waals surface area contributed by atoms with Crippen LogP contribution < -0.4 is 0 Å². The average Bonchev–Trinajstić information content (AvgIpc) is 2.41. The maximum absolute atomic E-state index is 13.3. The van der Waals surface area contributed by atoms with Gasteiger partial charge in [-0.3, -0.25) is 0 Å². The van der Waals surface area contributed by atoms with E-state index in [0.717, 1.165) is 5.69 Å². The van der Waals surface area contributed by atoms with Crippen molar-refractivity contribution in [3.8, 4) is 0 Å². The van der Waals surface area contributed by atoms with Gasteiger partial charge in [0.1, 0.15) is 0 Å². The summed E-state index contributed by atoms with van der Waals surface area (Å²) in [6.45, 7) is 3.63. The van der Waals surface area contributed by atoms with Crippen LogP contribution in [0.15, 0.2) is 18.5 Å². The zero-order valence-electron chi connectivity index (χ0n) is 7.00. The van der Waals surface area contributed by atoms with Gasteiger partial charge in [-0.1, -0.05) is 0 Å². The van der Waals surface area contributed by atoms with Crippen molar-refractivity contribution in [1.29, 1.82) is 0 Å². The molecule has 2 nitrogen and oxygen atoms in total. The summed E-state index contributed by atoms with van der Waals surface area (Å²) in [5.74, 6) is -0.231. The first kappa shape index (κ1) is 7.28. The molecule has 2 aromatic heterocycles. The minimum atomic E-state index is -0.231. The molecule has 2 rings (SSSR count). The van der Waals surface area contributed by atoms with Crippen molar-refractivity contribution in [2.24, 2.45) is 0 Å². The second-order valence-electron chi connectivity index (χ2n) is 2.91. The first-order valence-corrected chi connectivity index (χ1v) is 3.79. The number of hydrogen-bond donors (Lipinski definition) is 0. The lowest BCUT2D eigenvalue weighted by atomic mass is 10.3. The summed E-state index contributed by atoms with van der Waals surface area (Å²) in [7, 11) is 0. The quantitative estimate of drug-likeness (QED) is 0.582. The van der Waals surface area contributed by atoms with Crippen LogP contribution in [0.4, 0.5) is 4.39 Å². The SMILES string of the molecule is Cc1ccn2c(C)cnc2c1F. The van der Waals surface area contributed by atoms with Crippen LogP contribution in [0.25, 0.3) is 5.65 Å². The van der Waals surface area contributed by atoms with Crippen LogP contribution in [-0.2, 0) is 0 Å². The number of halogens is 1. The summed E-state index contributed by atoms with van der Waals surface area (Å²) < 4.78 is 15.1. The van der Waals surface area contributed by atoms with Gasteiger partial charge < -0.3 is 4.40 Å². The lowest BCUT2D eigenvalue weighted by Gasteiger charge is -1.99. The summed E-state index contributed by atoms with van der Waals surface area (Å²) in [5.41, 5.74) is 1.99. The van der Waals surface area contributed by atoms with Gasteiger partial charge in [0.05, 0.1) is 0 Å². The van der Waals surface area contributed by atoms with Gasteiger partial charge in [0.25, 0.3) is 0 Å². The summed E-state index contributed by atoms with van der Waals surface area (Å²) in [5, 5.41) is 0. The highest BCUT2D eigenvalue weighted by Crippen LogP contribution is 2.13. The molecule has 3 heteroatoms. The molecule has 0 spiro atoms. The Bertz CT molecular complexity index is 431. The lowest BCUT2D eigenvalue weighted by molar-refractivity contribution is 0.620. The Labute approximate surface area is 69.7 Å². The Hall–Kier alpha value is -1.38. The van der Waals surface area contributed by atoms with E-state index in [1.165, 1.54) is 0 Å². The standard InChI is InChI=1S/C9H9FN2/c1-6-3-4-12-7(2)5-11-9(12)8(6)10/h3-5H,1-2H3. The van der Waals surface area contributed by atoms with E-state index in [2.05, 4.69) is 4.98 Å². The fraction of sp³-hybridized carbons (Fsp3) is 0.222. The van der Waals surface area contributed by atoms with Crippen LogP contribution in [0.2, 0.25) is 0 Å². The van der Waals surface area contributed by atoms with Gasteiger partial charge >= 0.3 is 0 Å². The number of imidazole rings is 1. The first-order chi connectivity index (χ1) is 5.70. The number of nitrogens with zero attached hydrogens (tertiary/aromatic N) is 2. The highest BCUT2D eigenvalue weighted by Gasteiger charge is 2.06. The average molecular weight is 164 g/mol. The topological polar surface area (TPSA) is 17.3 Å². The molecule has 2 heterocycles. The largest absolute Gasteiger partial charge is 0.302 e. The summed E-state index contributed by atoms with van der Waals surface area (Å²) >= 11 is 0. The van der Waals surface area contributed by atoms with Gasteiger partial charge in [-0.2, -0.15) is 0 Å². The van der Waals surface area contributed by atoms with Crippen molar-refractivity contribution in [2.75, 3.05) is 0 Å². The Morgan fingerprint density at radius 1 is 1.42 bits per heavy atom. The smallest absolute Gasteiger partial charge is 0.173 e. The van der Waals surface area contributed by atoms with E-state index >= 15 is 0 Å². The molecule has 0 N–H and O–H groups in total. The highest BCUT2D eigenvalue weighted by atomic mass is 19.1. The van der Waals surface area contributed by atoms with Gasteiger partial charge in [0, 0.05) is 18.1 Å². The van der Waals surface area contributed by atoms with Crippen molar-refractivity contribution in [3.63, 3.8) is 0 Å². The van der Waals surface area contributed by atoms with Crippen molar-refractivity contribution < 1.29 is 4.39 Å². The summed E-state index contributed by atoms with van der Waals surface area (Å²) in [4.78, 5) is 3.97. The molecule has 12 heavy (non-hydrogen) atoms. The molecule has 62 valence electrons. The Morgan fingerprint density at radius 2 is 2.17 bits per heavy atom. The van der Waals surface area contributed by atoms with E-state index in [1.807, 2.05) is 13.1 Å². The van der Waals surface area contributed by atoms with Gasteiger partial charge in [-0.25, -0.2) is 9.37 Å². The van der Waals surface area contributed by atoms with Gasteiger partial charge in [-0.05, 0) is 25.5 Å². The predicted octanol–water partition coefficient (Wildman–Crippen LogP) is 2.09. The van der Waals surface area contributed by atoms with E-state index in [-0.39, 0.29) is 5.82 Å². The van der Waals surface area contributed by atoms with Crippen LogP contribution >= 0.6 is 0 Å².